The molecule has 0 saturated heterocycles. The number of nitrogens with zero attached hydrogens (tertiary/aromatic N) is 4. The fourth-order valence-electron chi connectivity index (χ4n) is 2.65. The number of carbonyl (C=O) groups excluding carboxylic acids is 3. The zero-order valence-electron chi connectivity index (χ0n) is 19.4. The number of hydrazone groups is 1. The zero-order valence-corrected chi connectivity index (χ0v) is 19.4. The van der Waals surface area contributed by atoms with Crippen LogP contribution in [-0.4, -0.2) is 75.4 Å². The van der Waals surface area contributed by atoms with Crippen LogP contribution >= 0.6 is 0 Å². The first-order chi connectivity index (χ1) is 15.6. The standard InChI is InChI=1S/C18H23F6N5O6/c1-14(2,3)33-11(30)26-28-8-10(25-29(12(28)31)13(32)34-15(4,5)6)9-7-16(35-27-9,17(19,20)21)18(22,23)24/h7-8H2,1-6H3,(H,26,30). The molecule has 0 aliphatic carbocycles. The molecule has 0 aromatic heterocycles. The Bertz CT molecular complexity index is 933. The van der Waals surface area contributed by atoms with Gasteiger partial charge in [-0.2, -0.15) is 31.4 Å². The second-order valence-electron chi connectivity index (χ2n) is 9.45. The van der Waals surface area contributed by atoms with E-state index in [4.69, 9.17) is 9.47 Å². The van der Waals surface area contributed by atoms with Gasteiger partial charge in [0.1, 0.15) is 22.6 Å². The predicted octanol–water partition coefficient (Wildman–Crippen LogP) is 4.09. The molecule has 2 aliphatic heterocycles. The molecule has 0 aromatic carbocycles. The quantitative estimate of drug-likeness (QED) is 0.549. The molecule has 2 heterocycles. The Balaban J connectivity index is 2.43. The molecule has 2 aliphatic rings. The highest BCUT2D eigenvalue weighted by Gasteiger charge is 2.76. The highest BCUT2D eigenvalue weighted by Crippen LogP contribution is 2.50. The lowest BCUT2D eigenvalue weighted by Gasteiger charge is -2.33. The Morgan fingerprint density at radius 1 is 0.943 bits per heavy atom. The normalized spacial score (nSPS) is 19.0. The fourth-order valence-corrected chi connectivity index (χ4v) is 2.65. The van der Waals surface area contributed by atoms with Crippen LogP contribution in [0.15, 0.2) is 10.3 Å². The molecule has 4 amide bonds. The summed E-state index contributed by atoms with van der Waals surface area (Å²) in [5.74, 6) is 0. The molecule has 0 spiro atoms. The van der Waals surface area contributed by atoms with Crippen molar-refractivity contribution in [3.05, 3.63) is 0 Å². The summed E-state index contributed by atoms with van der Waals surface area (Å²) in [5, 5.41) is 6.85. The van der Waals surface area contributed by atoms with Crippen LogP contribution in [0.5, 0.6) is 0 Å². The maximum Gasteiger partial charge on any atom is 0.440 e. The van der Waals surface area contributed by atoms with Gasteiger partial charge in [-0.05, 0) is 41.5 Å². The van der Waals surface area contributed by atoms with E-state index in [-0.39, 0.29) is 5.01 Å². The van der Waals surface area contributed by atoms with Gasteiger partial charge < -0.3 is 14.3 Å². The molecule has 0 fully saturated rings. The molecule has 0 saturated carbocycles. The number of amides is 4. The van der Waals surface area contributed by atoms with E-state index in [0.29, 0.717) is 5.01 Å². The van der Waals surface area contributed by atoms with Crippen molar-refractivity contribution in [1.29, 1.82) is 0 Å². The molecule has 17 heteroatoms. The number of ether oxygens (including phenoxy) is 2. The summed E-state index contributed by atoms with van der Waals surface area (Å²) >= 11 is 0. The van der Waals surface area contributed by atoms with Gasteiger partial charge in [0.05, 0.1) is 13.0 Å². The number of oxime groups is 1. The highest BCUT2D eigenvalue weighted by atomic mass is 19.4. The third kappa shape index (κ3) is 6.25. The van der Waals surface area contributed by atoms with E-state index in [1.165, 1.54) is 41.5 Å². The van der Waals surface area contributed by atoms with Crippen molar-refractivity contribution in [2.45, 2.75) is 77.1 Å². The topological polar surface area (TPSA) is 122 Å². The van der Waals surface area contributed by atoms with Crippen LogP contribution < -0.4 is 5.43 Å². The van der Waals surface area contributed by atoms with Gasteiger partial charge in [0, 0.05) is 0 Å². The number of nitrogens with one attached hydrogen (secondary N) is 1. The first-order valence-electron chi connectivity index (χ1n) is 9.87. The minimum Gasteiger partial charge on any atom is -0.443 e. The molecule has 198 valence electrons. The molecule has 11 nitrogen and oxygen atoms in total. The summed E-state index contributed by atoms with van der Waals surface area (Å²) in [4.78, 5) is 41.1. The van der Waals surface area contributed by atoms with Crippen molar-refractivity contribution in [2.75, 3.05) is 6.54 Å². The van der Waals surface area contributed by atoms with E-state index in [9.17, 15) is 40.7 Å². The number of halogens is 6. The van der Waals surface area contributed by atoms with E-state index in [0.717, 1.165) is 0 Å². The lowest BCUT2D eigenvalue weighted by atomic mass is 9.94. The summed E-state index contributed by atoms with van der Waals surface area (Å²) in [6.45, 7) is 7.88. The monoisotopic (exact) mass is 519 g/mol. The van der Waals surface area contributed by atoms with Crippen molar-refractivity contribution >= 4 is 29.6 Å². The first kappa shape index (κ1) is 28.0. The van der Waals surface area contributed by atoms with Gasteiger partial charge in [-0.15, -0.1) is 5.01 Å². The molecule has 1 N–H and O–H groups in total. The minimum atomic E-state index is -5.92. The summed E-state index contributed by atoms with van der Waals surface area (Å²) in [5.41, 5.74) is -6.57. The molecule has 0 unspecified atom stereocenters. The molecular weight excluding hydrogens is 496 g/mol. The van der Waals surface area contributed by atoms with Crippen molar-refractivity contribution in [3.8, 4) is 0 Å². The van der Waals surface area contributed by atoms with E-state index in [1.807, 2.05) is 5.43 Å². The van der Waals surface area contributed by atoms with Crippen LogP contribution in [0.25, 0.3) is 0 Å². The van der Waals surface area contributed by atoms with Crippen molar-refractivity contribution in [3.63, 3.8) is 0 Å². The van der Waals surface area contributed by atoms with Crippen LogP contribution in [0.3, 0.4) is 0 Å². The van der Waals surface area contributed by atoms with Gasteiger partial charge in [0.2, 0.25) is 0 Å². The number of rotatable bonds is 2. The number of hydrogen-bond donors (Lipinski definition) is 1. The van der Waals surface area contributed by atoms with Crippen molar-refractivity contribution in [2.24, 2.45) is 10.3 Å². The minimum absolute atomic E-state index is 0.0190. The average Bonchev–Trinajstić information content (AvgIpc) is 3.07. The Hall–Kier alpha value is -3.27. The summed E-state index contributed by atoms with van der Waals surface area (Å²) in [6, 6.07) is -1.33. The van der Waals surface area contributed by atoms with Crippen LogP contribution in [-0.2, 0) is 14.3 Å². The van der Waals surface area contributed by atoms with Gasteiger partial charge in [0.25, 0.3) is 0 Å². The van der Waals surface area contributed by atoms with Gasteiger partial charge in [-0.1, -0.05) is 5.16 Å². The molecule has 0 radical (unpaired) electrons. The lowest BCUT2D eigenvalue weighted by molar-refractivity contribution is -0.373. The average molecular weight is 519 g/mol. The van der Waals surface area contributed by atoms with Crippen LogP contribution in [0.4, 0.5) is 40.7 Å². The zero-order chi connectivity index (χ0) is 27.2. The Kier molecular flexibility index (Phi) is 6.99. The maximum atomic E-state index is 13.3. The Labute approximate surface area is 195 Å². The number of hydrazine groups is 1. The number of imide groups is 1. The van der Waals surface area contributed by atoms with Gasteiger partial charge in [0.15, 0.2) is 0 Å². The van der Waals surface area contributed by atoms with E-state index >= 15 is 0 Å². The lowest BCUT2D eigenvalue weighted by Crippen LogP contribution is -2.60. The number of urea groups is 1. The largest absolute Gasteiger partial charge is 0.443 e. The second-order valence-corrected chi connectivity index (χ2v) is 9.45. The molecule has 35 heavy (non-hydrogen) atoms. The first-order valence-corrected chi connectivity index (χ1v) is 9.87. The third-order valence-corrected chi connectivity index (χ3v) is 4.11. The third-order valence-electron chi connectivity index (χ3n) is 4.11. The molecular formula is C18H23F6N5O6. The van der Waals surface area contributed by atoms with Gasteiger partial charge in [-0.3, -0.25) is 0 Å². The number of alkyl halides is 6. The molecule has 0 aromatic rings. The highest BCUT2D eigenvalue weighted by molar-refractivity contribution is 6.44. The summed E-state index contributed by atoms with van der Waals surface area (Å²) in [6.07, 6.45) is -16.3. The Morgan fingerprint density at radius 2 is 1.46 bits per heavy atom. The van der Waals surface area contributed by atoms with Crippen molar-refractivity contribution < 1.29 is 55.0 Å². The smallest absolute Gasteiger partial charge is 0.440 e. The fraction of sp³-hybridized carbons (Fsp3) is 0.722. The van der Waals surface area contributed by atoms with E-state index in [2.05, 4.69) is 15.1 Å². The number of hydrogen-bond acceptors (Lipinski definition) is 8. The van der Waals surface area contributed by atoms with Gasteiger partial charge in [-0.25, -0.2) is 24.8 Å². The predicted molar refractivity (Wildman–Crippen MR) is 105 cm³/mol. The molecule has 0 atom stereocenters. The van der Waals surface area contributed by atoms with E-state index < -0.39 is 71.8 Å². The molecule has 2 rings (SSSR count). The SMILES string of the molecule is CC(C)(C)OC(=O)NN1CC(C2=NOC(C(F)(F)F)(C(F)(F)F)C2)=NN(C(=O)OC(C)(C)C)C1=O. The Morgan fingerprint density at radius 3 is 1.89 bits per heavy atom. The summed E-state index contributed by atoms with van der Waals surface area (Å²) < 4.78 is 90.0. The molecule has 0 bridgehead atoms. The maximum absolute atomic E-state index is 13.3. The van der Waals surface area contributed by atoms with Gasteiger partial charge >= 0.3 is 36.2 Å². The van der Waals surface area contributed by atoms with Crippen LogP contribution in [0.2, 0.25) is 0 Å². The van der Waals surface area contributed by atoms with E-state index in [1.54, 1.807) is 0 Å². The van der Waals surface area contributed by atoms with Crippen LogP contribution in [0, 0.1) is 0 Å². The van der Waals surface area contributed by atoms with Crippen LogP contribution in [0.1, 0.15) is 48.0 Å². The van der Waals surface area contributed by atoms with Crippen molar-refractivity contribution in [1.82, 2.24) is 15.4 Å². The second kappa shape index (κ2) is 8.75. The summed E-state index contributed by atoms with van der Waals surface area (Å²) in [7, 11) is 0. The number of carbonyl (C=O) groups is 3.